The van der Waals surface area contributed by atoms with Gasteiger partial charge in [0.2, 0.25) is 5.78 Å². The maximum Gasteiger partial charge on any atom is 0.343 e. The van der Waals surface area contributed by atoms with E-state index in [-0.39, 0.29) is 27.7 Å². The van der Waals surface area contributed by atoms with Crippen LogP contribution in [0.1, 0.15) is 38.8 Å². The summed E-state index contributed by atoms with van der Waals surface area (Å²) in [6.45, 7) is 4.02. The zero-order valence-electron chi connectivity index (χ0n) is 17.9. The van der Waals surface area contributed by atoms with E-state index in [0.717, 1.165) is 5.56 Å². The van der Waals surface area contributed by atoms with Gasteiger partial charge in [-0.05, 0) is 55.8 Å². The van der Waals surface area contributed by atoms with Crippen LogP contribution in [-0.2, 0) is 0 Å². The normalized spacial score (nSPS) is 10.9. The largest absolute Gasteiger partial charge is 0.490 e. The Hall–Kier alpha value is -3.59. The van der Waals surface area contributed by atoms with Gasteiger partial charge < -0.3 is 9.47 Å². The quantitative estimate of drug-likeness (QED) is 0.124. The molecule has 0 aromatic heterocycles. The molecule has 3 aromatic rings. The van der Waals surface area contributed by atoms with E-state index < -0.39 is 5.97 Å². The molecule has 0 saturated heterocycles. The monoisotopic (exact) mass is 479 g/mol. The summed E-state index contributed by atoms with van der Waals surface area (Å²) >= 11 is 11.9. The maximum absolute atomic E-state index is 12.7. The van der Waals surface area contributed by atoms with Gasteiger partial charge in [-0.25, -0.2) is 4.79 Å². The van der Waals surface area contributed by atoms with Crippen LogP contribution in [0.15, 0.2) is 66.2 Å². The number of allylic oxidation sites excluding steroid dienone is 1. The zero-order chi connectivity index (χ0) is 24.0. The third-order valence-corrected chi connectivity index (χ3v) is 5.35. The highest BCUT2D eigenvalue weighted by Crippen LogP contribution is 2.31. The van der Waals surface area contributed by atoms with Crippen molar-refractivity contribution in [2.24, 2.45) is 0 Å². The molecule has 0 radical (unpaired) electrons. The van der Waals surface area contributed by atoms with E-state index in [1.165, 1.54) is 30.3 Å². The summed E-state index contributed by atoms with van der Waals surface area (Å²) in [5.74, 6) is -0.538. The van der Waals surface area contributed by atoms with Gasteiger partial charge in [-0.3, -0.25) is 4.79 Å². The molecule has 0 unspecified atom stereocenters. The molecule has 3 aromatic carbocycles. The fourth-order valence-corrected chi connectivity index (χ4v) is 3.22. The van der Waals surface area contributed by atoms with E-state index in [4.69, 9.17) is 32.7 Å². The van der Waals surface area contributed by atoms with Crippen LogP contribution < -0.4 is 9.47 Å². The molecule has 166 valence electrons. The van der Waals surface area contributed by atoms with Gasteiger partial charge in [0, 0.05) is 5.56 Å². The van der Waals surface area contributed by atoms with Crippen molar-refractivity contribution < 1.29 is 19.1 Å². The van der Waals surface area contributed by atoms with Gasteiger partial charge in [0.05, 0.1) is 22.2 Å². The number of ether oxygens (including phenoxy) is 2. The smallest absolute Gasteiger partial charge is 0.343 e. The molecule has 0 atom stereocenters. The molecule has 5 nitrogen and oxygen atoms in total. The number of esters is 1. The van der Waals surface area contributed by atoms with Crippen molar-refractivity contribution in [1.82, 2.24) is 0 Å². The highest BCUT2D eigenvalue weighted by atomic mass is 35.5. The van der Waals surface area contributed by atoms with Gasteiger partial charge in [-0.15, -0.1) is 0 Å². The molecule has 0 aliphatic carbocycles. The summed E-state index contributed by atoms with van der Waals surface area (Å²) < 4.78 is 11.1. The van der Waals surface area contributed by atoms with E-state index in [1.807, 2.05) is 25.1 Å². The predicted octanol–water partition coefficient (Wildman–Crippen LogP) is 6.71. The minimum absolute atomic E-state index is 0.0261. The van der Waals surface area contributed by atoms with Crippen molar-refractivity contribution in [2.45, 2.75) is 13.8 Å². The van der Waals surface area contributed by atoms with E-state index >= 15 is 0 Å². The van der Waals surface area contributed by atoms with Crippen LogP contribution >= 0.6 is 23.2 Å². The number of hydrogen-bond donors (Lipinski definition) is 0. The molecular formula is C26H19Cl2NO4. The number of hydrogen-bond acceptors (Lipinski definition) is 5. The van der Waals surface area contributed by atoms with E-state index in [1.54, 1.807) is 31.2 Å². The number of ketones is 1. The number of Topliss-reactive ketones (excluding diaryl/α,β-unsaturated/α-hetero) is 1. The van der Waals surface area contributed by atoms with Crippen LogP contribution in [0.3, 0.4) is 0 Å². The number of nitrogens with zero attached hydrogens (tertiary/aromatic N) is 1. The number of benzene rings is 3. The molecule has 0 aliphatic rings. The molecule has 0 bridgehead atoms. The molecule has 0 saturated carbocycles. The molecule has 0 heterocycles. The molecule has 0 amide bonds. The first-order valence-corrected chi connectivity index (χ1v) is 10.7. The standard InChI is InChI=1S/C26H19Cl2NO4/c1-3-32-24-13-17(12-20(15-29)25(30)18-7-4-16(2)5-8-18)6-11-23(24)33-26(31)19-9-10-21(27)22(28)14-19/h4-14H,3H2,1-2H3/b20-12+. The molecule has 3 rings (SSSR count). The fourth-order valence-electron chi connectivity index (χ4n) is 2.92. The van der Waals surface area contributed by atoms with Crippen molar-refractivity contribution in [3.63, 3.8) is 0 Å². The minimum Gasteiger partial charge on any atom is -0.490 e. The van der Waals surface area contributed by atoms with Crippen molar-refractivity contribution in [3.05, 3.63) is 98.5 Å². The molecule has 0 spiro atoms. The van der Waals surface area contributed by atoms with Crippen LogP contribution in [0.4, 0.5) is 0 Å². The lowest BCUT2D eigenvalue weighted by molar-refractivity contribution is 0.0728. The summed E-state index contributed by atoms with van der Waals surface area (Å²) in [7, 11) is 0. The summed E-state index contributed by atoms with van der Waals surface area (Å²) in [6.07, 6.45) is 1.47. The Labute approximate surface area is 201 Å². The highest BCUT2D eigenvalue weighted by Gasteiger charge is 2.16. The van der Waals surface area contributed by atoms with E-state index in [2.05, 4.69) is 0 Å². The van der Waals surface area contributed by atoms with Crippen molar-refractivity contribution >= 4 is 41.0 Å². The topological polar surface area (TPSA) is 76.4 Å². The Balaban J connectivity index is 1.88. The second-order valence-corrected chi connectivity index (χ2v) is 7.84. The average Bonchev–Trinajstić information content (AvgIpc) is 2.81. The number of carbonyl (C=O) groups is 2. The Morgan fingerprint density at radius 3 is 2.27 bits per heavy atom. The summed E-state index contributed by atoms with van der Waals surface area (Å²) in [6, 6.07) is 18.1. The van der Waals surface area contributed by atoms with E-state index in [0.29, 0.717) is 28.5 Å². The Kier molecular flexibility index (Phi) is 7.89. The molecule has 33 heavy (non-hydrogen) atoms. The maximum atomic E-state index is 12.7. The number of carbonyl (C=O) groups excluding carboxylic acids is 2. The Morgan fingerprint density at radius 2 is 1.64 bits per heavy atom. The van der Waals surface area contributed by atoms with Crippen LogP contribution in [0.25, 0.3) is 6.08 Å². The second-order valence-electron chi connectivity index (χ2n) is 7.02. The number of rotatable bonds is 7. The SMILES string of the molecule is CCOc1cc(/C=C(\C#N)C(=O)c2ccc(C)cc2)ccc1OC(=O)c1ccc(Cl)c(Cl)c1. The predicted molar refractivity (Wildman–Crippen MR) is 128 cm³/mol. The van der Waals surface area contributed by atoms with Crippen molar-refractivity contribution in [1.29, 1.82) is 5.26 Å². The molecule has 7 heteroatoms. The number of halogens is 2. The Bertz CT molecular complexity index is 1270. The second kappa shape index (κ2) is 10.8. The van der Waals surface area contributed by atoms with Crippen LogP contribution in [0.2, 0.25) is 10.0 Å². The van der Waals surface area contributed by atoms with Gasteiger partial charge in [0.1, 0.15) is 11.6 Å². The van der Waals surface area contributed by atoms with Crippen molar-refractivity contribution in [3.8, 4) is 17.6 Å². The average molecular weight is 480 g/mol. The summed E-state index contributed by atoms with van der Waals surface area (Å²) in [5.41, 5.74) is 2.19. The third kappa shape index (κ3) is 6.01. The van der Waals surface area contributed by atoms with Crippen LogP contribution in [0, 0.1) is 18.3 Å². The highest BCUT2D eigenvalue weighted by molar-refractivity contribution is 6.42. The van der Waals surface area contributed by atoms with E-state index in [9.17, 15) is 14.9 Å². The molecule has 0 N–H and O–H groups in total. The zero-order valence-corrected chi connectivity index (χ0v) is 19.4. The molecular weight excluding hydrogens is 461 g/mol. The van der Waals surface area contributed by atoms with Gasteiger partial charge in [-0.2, -0.15) is 5.26 Å². The lowest BCUT2D eigenvalue weighted by atomic mass is 10.0. The Morgan fingerprint density at radius 1 is 0.939 bits per heavy atom. The van der Waals surface area contributed by atoms with Crippen LogP contribution in [-0.4, -0.2) is 18.4 Å². The van der Waals surface area contributed by atoms with Gasteiger partial charge in [-0.1, -0.05) is 59.1 Å². The van der Waals surface area contributed by atoms with Crippen LogP contribution in [0.5, 0.6) is 11.5 Å². The first kappa shape index (κ1) is 24.1. The lowest BCUT2D eigenvalue weighted by Crippen LogP contribution is -2.10. The first-order valence-electron chi connectivity index (χ1n) is 9.99. The first-order chi connectivity index (χ1) is 15.8. The third-order valence-electron chi connectivity index (χ3n) is 4.62. The summed E-state index contributed by atoms with van der Waals surface area (Å²) in [5, 5.41) is 10.1. The van der Waals surface area contributed by atoms with Gasteiger partial charge in [0.25, 0.3) is 0 Å². The number of nitriles is 1. The number of aryl methyl sites for hydroxylation is 1. The van der Waals surface area contributed by atoms with Crippen molar-refractivity contribution in [2.75, 3.05) is 6.61 Å². The van der Waals surface area contributed by atoms with Gasteiger partial charge >= 0.3 is 5.97 Å². The molecule has 0 aliphatic heterocycles. The minimum atomic E-state index is -0.634. The lowest BCUT2D eigenvalue weighted by Gasteiger charge is -2.12. The molecule has 0 fully saturated rings. The summed E-state index contributed by atoms with van der Waals surface area (Å²) in [4.78, 5) is 25.2. The van der Waals surface area contributed by atoms with Gasteiger partial charge in [0.15, 0.2) is 11.5 Å². The fraction of sp³-hybridized carbons (Fsp3) is 0.115.